The van der Waals surface area contributed by atoms with Gasteiger partial charge in [-0.05, 0) is 20.8 Å². The topological polar surface area (TPSA) is 81.1 Å². The lowest BCUT2D eigenvalue weighted by molar-refractivity contribution is 0.363. The van der Waals surface area contributed by atoms with E-state index in [0.29, 0.717) is 11.7 Å². The van der Waals surface area contributed by atoms with Crippen LogP contribution in [-0.4, -0.2) is 24.7 Å². The molecule has 0 amide bonds. The monoisotopic (exact) mass is 362 g/mol. The Hall–Kier alpha value is -3.22. The number of anilines is 1. The van der Waals surface area contributed by atoms with Crippen LogP contribution in [0.25, 0.3) is 16.9 Å². The first-order valence-corrected chi connectivity index (χ1v) is 9.08. The number of benzene rings is 1. The maximum Gasteiger partial charge on any atom is 0.248 e. The Labute approximate surface area is 157 Å². The van der Waals surface area contributed by atoms with Crippen molar-refractivity contribution in [3.05, 3.63) is 59.4 Å². The normalized spacial score (nSPS) is 12.4. The summed E-state index contributed by atoms with van der Waals surface area (Å²) in [6.07, 6.45) is 0.741. The fourth-order valence-electron chi connectivity index (χ4n) is 2.96. The summed E-state index contributed by atoms with van der Waals surface area (Å²) < 4.78 is 7.21. The number of rotatable bonds is 5. The molecule has 1 N–H and O–H groups in total. The molecule has 0 spiro atoms. The van der Waals surface area contributed by atoms with Crippen molar-refractivity contribution >= 4 is 11.5 Å². The molecule has 1 unspecified atom stereocenters. The summed E-state index contributed by atoms with van der Waals surface area (Å²) in [5, 5.41) is 12.1. The Morgan fingerprint density at radius 1 is 1.15 bits per heavy atom. The molecular formula is C20H22N6O. The van der Waals surface area contributed by atoms with Crippen molar-refractivity contribution in [1.29, 1.82) is 0 Å². The largest absolute Gasteiger partial charge is 0.358 e. The van der Waals surface area contributed by atoms with Gasteiger partial charge in [0, 0.05) is 23.6 Å². The molecule has 0 aliphatic rings. The summed E-state index contributed by atoms with van der Waals surface area (Å²) in [6, 6.07) is 12.0. The SMILES string of the molecule is CCc1noc(C(C)Nc2cc(-c3ccccc3)nc3c(C)c(C)nn23)n1. The van der Waals surface area contributed by atoms with E-state index in [1.165, 1.54) is 0 Å². The lowest BCUT2D eigenvalue weighted by atomic mass is 10.1. The van der Waals surface area contributed by atoms with Crippen LogP contribution in [0.1, 0.15) is 42.9 Å². The van der Waals surface area contributed by atoms with Gasteiger partial charge in [-0.15, -0.1) is 0 Å². The van der Waals surface area contributed by atoms with Crippen LogP contribution in [0.2, 0.25) is 0 Å². The van der Waals surface area contributed by atoms with E-state index in [4.69, 9.17) is 9.51 Å². The number of aryl methyl sites for hydroxylation is 3. The molecule has 3 heterocycles. The molecule has 27 heavy (non-hydrogen) atoms. The highest BCUT2D eigenvalue weighted by molar-refractivity contribution is 5.68. The first-order valence-electron chi connectivity index (χ1n) is 9.08. The van der Waals surface area contributed by atoms with Gasteiger partial charge in [-0.2, -0.15) is 14.6 Å². The van der Waals surface area contributed by atoms with Gasteiger partial charge in [0.25, 0.3) is 0 Å². The van der Waals surface area contributed by atoms with Crippen molar-refractivity contribution in [1.82, 2.24) is 24.7 Å². The highest BCUT2D eigenvalue weighted by atomic mass is 16.5. The molecule has 0 aliphatic heterocycles. The molecule has 4 rings (SSSR count). The molecule has 1 atom stereocenters. The Morgan fingerprint density at radius 3 is 2.63 bits per heavy atom. The quantitative estimate of drug-likeness (QED) is 0.575. The maximum atomic E-state index is 5.38. The van der Waals surface area contributed by atoms with E-state index >= 15 is 0 Å². The fraction of sp³-hybridized carbons (Fsp3) is 0.300. The molecule has 1 aromatic carbocycles. The standard InChI is InChI=1S/C20H22N6O/c1-5-17-23-20(27-25-17)14(4)21-18-11-16(15-9-7-6-8-10-15)22-19-12(2)13(3)24-26(18)19/h6-11,14,21H,5H2,1-4H3. The molecule has 3 aromatic heterocycles. The molecule has 7 nitrogen and oxygen atoms in total. The maximum absolute atomic E-state index is 5.38. The molecule has 0 fully saturated rings. The van der Waals surface area contributed by atoms with E-state index in [0.717, 1.165) is 40.4 Å². The summed E-state index contributed by atoms with van der Waals surface area (Å²) in [5.74, 6) is 2.09. The average Bonchev–Trinajstić information content (AvgIpc) is 3.28. The zero-order valence-corrected chi connectivity index (χ0v) is 15.9. The van der Waals surface area contributed by atoms with E-state index in [1.807, 2.05) is 56.5 Å². The lowest BCUT2D eigenvalue weighted by Crippen LogP contribution is -2.12. The zero-order chi connectivity index (χ0) is 19.0. The highest BCUT2D eigenvalue weighted by Crippen LogP contribution is 2.27. The van der Waals surface area contributed by atoms with Gasteiger partial charge >= 0.3 is 0 Å². The predicted molar refractivity (Wildman–Crippen MR) is 104 cm³/mol. The summed E-state index contributed by atoms with van der Waals surface area (Å²) in [4.78, 5) is 9.26. The van der Waals surface area contributed by atoms with Gasteiger partial charge in [-0.1, -0.05) is 42.4 Å². The Kier molecular flexibility index (Phi) is 4.35. The average molecular weight is 362 g/mol. The van der Waals surface area contributed by atoms with E-state index < -0.39 is 0 Å². The second kappa shape index (κ2) is 6.83. The van der Waals surface area contributed by atoms with Crippen LogP contribution in [0.15, 0.2) is 40.9 Å². The van der Waals surface area contributed by atoms with Crippen LogP contribution >= 0.6 is 0 Å². The third kappa shape index (κ3) is 3.16. The molecule has 0 radical (unpaired) electrons. The second-order valence-electron chi connectivity index (χ2n) is 6.61. The molecule has 4 aromatic rings. The van der Waals surface area contributed by atoms with Crippen molar-refractivity contribution in [2.75, 3.05) is 5.32 Å². The minimum absolute atomic E-state index is 0.156. The van der Waals surface area contributed by atoms with E-state index in [9.17, 15) is 0 Å². The third-order valence-electron chi connectivity index (χ3n) is 4.66. The fourth-order valence-corrected chi connectivity index (χ4v) is 2.96. The van der Waals surface area contributed by atoms with Crippen molar-refractivity contribution in [3.63, 3.8) is 0 Å². The lowest BCUT2D eigenvalue weighted by Gasteiger charge is -2.14. The number of nitrogens with zero attached hydrogens (tertiary/aromatic N) is 5. The number of aromatic nitrogens is 5. The molecular weight excluding hydrogens is 340 g/mol. The Morgan fingerprint density at radius 2 is 1.93 bits per heavy atom. The Bertz CT molecular complexity index is 1080. The molecule has 138 valence electrons. The van der Waals surface area contributed by atoms with E-state index in [2.05, 4.69) is 32.7 Å². The predicted octanol–water partition coefficient (Wildman–Crippen LogP) is 4.13. The molecule has 0 saturated heterocycles. The number of nitrogens with one attached hydrogen (secondary N) is 1. The van der Waals surface area contributed by atoms with Crippen LogP contribution in [-0.2, 0) is 6.42 Å². The highest BCUT2D eigenvalue weighted by Gasteiger charge is 2.18. The molecule has 0 bridgehead atoms. The minimum atomic E-state index is -0.156. The number of hydrogen-bond donors (Lipinski definition) is 1. The summed E-state index contributed by atoms with van der Waals surface area (Å²) in [7, 11) is 0. The second-order valence-corrected chi connectivity index (χ2v) is 6.61. The van der Waals surface area contributed by atoms with Crippen molar-refractivity contribution < 1.29 is 4.52 Å². The van der Waals surface area contributed by atoms with Crippen LogP contribution < -0.4 is 5.32 Å². The summed E-state index contributed by atoms with van der Waals surface area (Å²) >= 11 is 0. The Balaban J connectivity index is 1.79. The van der Waals surface area contributed by atoms with Gasteiger partial charge < -0.3 is 9.84 Å². The zero-order valence-electron chi connectivity index (χ0n) is 15.9. The minimum Gasteiger partial charge on any atom is -0.358 e. The van der Waals surface area contributed by atoms with Gasteiger partial charge in [-0.3, -0.25) is 0 Å². The van der Waals surface area contributed by atoms with Crippen molar-refractivity contribution in [2.24, 2.45) is 0 Å². The first kappa shape index (κ1) is 17.2. The van der Waals surface area contributed by atoms with E-state index in [1.54, 1.807) is 0 Å². The van der Waals surface area contributed by atoms with Gasteiger partial charge in [0.15, 0.2) is 11.5 Å². The van der Waals surface area contributed by atoms with Crippen LogP contribution in [0.5, 0.6) is 0 Å². The molecule has 0 saturated carbocycles. The number of fused-ring (bicyclic) bond motifs is 1. The summed E-state index contributed by atoms with van der Waals surface area (Å²) in [6.45, 7) is 8.02. The van der Waals surface area contributed by atoms with Crippen LogP contribution in [0.3, 0.4) is 0 Å². The van der Waals surface area contributed by atoms with Gasteiger partial charge in [0.2, 0.25) is 5.89 Å². The van der Waals surface area contributed by atoms with Crippen molar-refractivity contribution in [2.45, 2.75) is 40.2 Å². The molecule has 7 heteroatoms. The van der Waals surface area contributed by atoms with Crippen LogP contribution in [0.4, 0.5) is 5.82 Å². The van der Waals surface area contributed by atoms with Gasteiger partial charge in [0.05, 0.1) is 11.4 Å². The van der Waals surface area contributed by atoms with Crippen LogP contribution in [0, 0.1) is 13.8 Å². The third-order valence-corrected chi connectivity index (χ3v) is 4.66. The van der Waals surface area contributed by atoms with Gasteiger partial charge in [0.1, 0.15) is 11.9 Å². The smallest absolute Gasteiger partial charge is 0.248 e. The van der Waals surface area contributed by atoms with Gasteiger partial charge in [-0.25, -0.2) is 4.98 Å². The number of hydrogen-bond acceptors (Lipinski definition) is 6. The summed E-state index contributed by atoms with van der Waals surface area (Å²) in [5.41, 5.74) is 4.80. The molecule has 0 aliphatic carbocycles. The first-order chi connectivity index (χ1) is 13.1. The van der Waals surface area contributed by atoms with Crippen molar-refractivity contribution in [3.8, 4) is 11.3 Å². The van der Waals surface area contributed by atoms with E-state index in [-0.39, 0.29) is 6.04 Å².